The minimum Gasteiger partial charge on any atom is -0.497 e. The maximum atomic E-state index is 8.15. The highest BCUT2D eigenvalue weighted by molar-refractivity contribution is 7.50. The van der Waals surface area contributed by atoms with Gasteiger partial charge in [0.1, 0.15) is 34.5 Å². The van der Waals surface area contributed by atoms with Crippen LogP contribution in [0.5, 0.6) is 34.5 Å². The van der Waals surface area contributed by atoms with Crippen LogP contribution >= 0.6 is 16.9 Å². The zero-order valence-corrected chi connectivity index (χ0v) is 53.7. The lowest BCUT2D eigenvalue weighted by molar-refractivity contribution is 0.415. The van der Waals surface area contributed by atoms with Gasteiger partial charge in [-0.15, -0.1) is 0 Å². The molecule has 0 N–H and O–H groups in total. The van der Waals surface area contributed by atoms with Gasteiger partial charge in [0.25, 0.3) is 0 Å². The third-order valence-electron chi connectivity index (χ3n) is 18.7. The van der Waals surface area contributed by atoms with E-state index >= 15 is 0 Å². The molecular formula is C80H68N4O6P2. The van der Waals surface area contributed by atoms with E-state index in [0.717, 1.165) is 185 Å². The highest BCUT2D eigenvalue weighted by Gasteiger charge is 2.32. The van der Waals surface area contributed by atoms with Gasteiger partial charge in [-0.05, 0) is 227 Å². The largest absolute Gasteiger partial charge is 0.497 e. The number of benzene rings is 10. The molecule has 454 valence electrons. The van der Waals surface area contributed by atoms with Crippen LogP contribution in [0.1, 0.15) is 47.9 Å². The van der Waals surface area contributed by atoms with Crippen molar-refractivity contribution in [3.63, 3.8) is 0 Å². The van der Waals surface area contributed by atoms with E-state index in [1.807, 2.05) is 48.5 Å². The number of rotatable bonds is 17. The van der Waals surface area contributed by atoms with Gasteiger partial charge in [-0.3, -0.25) is 17.4 Å². The molecule has 92 heavy (non-hydrogen) atoms. The van der Waals surface area contributed by atoms with E-state index in [1.165, 1.54) is 22.3 Å². The molecule has 10 nitrogen and oxygen atoms in total. The highest BCUT2D eigenvalue weighted by Crippen LogP contribution is 2.56. The zero-order valence-electron chi connectivity index (χ0n) is 51.9. The normalized spacial score (nSPS) is 13.1. The minimum atomic E-state index is -1.70. The molecule has 14 aromatic rings. The number of hydrogen-bond donors (Lipinski definition) is 0. The molecular weight excluding hydrogens is 1170 g/mol. The summed E-state index contributed by atoms with van der Waals surface area (Å²) in [4.78, 5) is 0. The fourth-order valence-corrected chi connectivity index (χ4v) is 17.4. The molecule has 0 atom stereocenters. The van der Waals surface area contributed by atoms with Gasteiger partial charge in [0.2, 0.25) is 0 Å². The summed E-state index contributed by atoms with van der Waals surface area (Å²) in [5, 5.41) is 4.51. The van der Waals surface area contributed by atoms with Gasteiger partial charge in [0.15, 0.2) is 0 Å². The van der Waals surface area contributed by atoms with Gasteiger partial charge >= 0.3 is 16.9 Å². The van der Waals surface area contributed by atoms with E-state index in [4.69, 9.17) is 28.0 Å². The lowest BCUT2D eigenvalue weighted by Gasteiger charge is -2.31. The Kier molecular flexibility index (Phi) is 15.1. The predicted octanol–water partition coefficient (Wildman–Crippen LogP) is 21.0. The number of hydrogen-bond acceptors (Lipinski definition) is 6. The number of aromatic nitrogens is 4. The topological polar surface area (TPSA) is 75.1 Å². The molecule has 0 spiro atoms. The lowest BCUT2D eigenvalue weighted by atomic mass is 9.80. The minimum absolute atomic E-state index is 0.824. The molecule has 0 fully saturated rings. The molecule has 4 aromatic heterocycles. The van der Waals surface area contributed by atoms with Crippen molar-refractivity contribution in [1.29, 1.82) is 0 Å². The molecule has 4 heterocycles. The lowest BCUT2D eigenvalue weighted by Crippen LogP contribution is -2.13. The summed E-state index contributed by atoms with van der Waals surface area (Å²) < 4.78 is 48.2. The van der Waals surface area contributed by atoms with E-state index in [0.29, 0.717) is 0 Å². The van der Waals surface area contributed by atoms with E-state index in [1.54, 1.807) is 28.4 Å². The average molecular weight is 1240 g/mol. The van der Waals surface area contributed by atoms with Crippen molar-refractivity contribution in [1.82, 2.24) is 17.4 Å². The van der Waals surface area contributed by atoms with Crippen LogP contribution in [0.3, 0.4) is 0 Å². The SMILES string of the molecule is COc1ccc(-c2ccc3ccn(P(Oc4ccc5c(c4-c4c(OP(n6ccc7ccc(-c8ccc(OC)cc8)cc76)n6ccc7ccc(-c8ccc(OC)cc8)cc76)ccc6c4CCCC6)CCCC5)n4ccc5ccc(-c6ccc(OC)cc6)cc54)c3c2)cc1. The first-order valence-corrected chi connectivity index (χ1v) is 34.0. The Bertz CT molecular complexity index is 4490. The molecule has 12 heteroatoms. The van der Waals surface area contributed by atoms with Gasteiger partial charge in [0.05, 0.1) is 50.5 Å². The van der Waals surface area contributed by atoms with E-state index in [-0.39, 0.29) is 0 Å². The first kappa shape index (κ1) is 57.2. The van der Waals surface area contributed by atoms with Gasteiger partial charge < -0.3 is 28.0 Å². The van der Waals surface area contributed by atoms with Crippen molar-refractivity contribution < 1.29 is 28.0 Å². The maximum Gasteiger partial charge on any atom is 0.318 e. The van der Waals surface area contributed by atoms with Gasteiger partial charge in [-0.2, -0.15) is 0 Å². The summed E-state index contributed by atoms with van der Waals surface area (Å²) in [6.07, 6.45) is 17.2. The second-order valence-electron chi connectivity index (χ2n) is 23.9. The van der Waals surface area contributed by atoms with Crippen molar-refractivity contribution in [2.75, 3.05) is 28.4 Å². The summed E-state index contributed by atoms with van der Waals surface area (Å²) in [5.41, 5.74) is 20.9. The van der Waals surface area contributed by atoms with Gasteiger partial charge in [-0.1, -0.05) is 109 Å². The molecule has 0 saturated heterocycles. The van der Waals surface area contributed by atoms with E-state index in [2.05, 4.69) is 212 Å². The first-order chi connectivity index (χ1) is 45.4. The highest BCUT2D eigenvalue weighted by atomic mass is 31.2. The molecule has 0 bridgehead atoms. The number of nitrogens with zero attached hydrogens (tertiary/aromatic N) is 4. The molecule has 16 rings (SSSR count). The summed E-state index contributed by atoms with van der Waals surface area (Å²) >= 11 is 0. The number of aryl methyl sites for hydroxylation is 2. The molecule has 10 aromatic carbocycles. The Morgan fingerprint density at radius 1 is 0.272 bits per heavy atom. The fourth-order valence-electron chi connectivity index (χ4n) is 13.8. The van der Waals surface area contributed by atoms with Crippen LogP contribution in [0, 0.1) is 0 Å². The second-order valence-corrected chi connectivity index (χ2v) is 27.0. The van der Waals surface area contributed by atoms with Crippen LogP contribution in [0.2, 0.25) is 0 Å². The first-order valence-electron chi connectivity index (χ1n) is 31.7. The van der Waals surface area contributed by atoms with Gasteiger partial charge in [0, 0.05) is 57.5 Å². The van der Waals surface area contributed by atoms with Crippen LogP contribution in [-0.4, -0.2) is 45.8 Å². The van der Waals surface area contributed by atoms with Crippen LogP contribution in [-0.2, 0) is 25.7 Å². The summed E-state index contributed by atoms with van der Waals surface area (Å²) in [7, 11) is 3.44. The summed E-state index contributed by atoms with van der Waals surface area (Å²) in [5.74, 6) is 4.98. The predicted molar refractivity (Wildman–Crippen MR) is 378 cm³/mol. The summed E-state index contributed by atoms with van der Waals surface area (Å²) in [6.45, 7) is 0. The van der Waals surface area contributed by atoms with Crippen molar-refractivity contribution in [3.05, 3.63) is 265 Å². The van der Waals surface area contributed by atoms with Crippen LogP contribution in [0.15, 0.2) is 243 Å². The summed E-state index contributed by atoms with van der Waals surface area (Å²) in [6, 6.07) is 78.6. The molecule has 0 aliphatic heterocycles. The monoisotopic (exact) mass is 1240 g/mol. The number of fused-ring (bicyclic) bond motifs is 6. The Balaban J connectivity index is 0.898. The molecule has 0 amide bonds. The molecule has 2 aliphatic carbocycles. The molecule has 0 saturated carbocycles. The Morgan fingerprint density at radius 2 is 0.533 bits per heavy atom. The maximum absolute atomic E-state index is 8.15. The van der Waals surface area contributed by atoms with E-state index in [9.17, 15) is 0 Å². The van der Waals surface area contributed by atoms with Crippen molar-refractivity contribution in [2.24, 2.45) is 0 Å². The Labute approximate surface area is 538 Å². The van der Waals surface area contributed by atoms with Crippen LogP contribution < -0.4 is 28.0 Å². The zero-order chi connectivity index (χ0) is 61.8. The average Bonchev–Trinajstić information content (AvgIpc) is 1.29. The number of methoxy groups -OCH3 is 4. The van der Waals surface area contributed by atoms with E-state index < -0.39 is 16.9 Å². The van der Waals surface area contributed by atoms with Crippen molar-refractivity contribution in [2.45, 2.75) is 51.4 Å². The Hall–Kier alpha value is -9.98. The smallest absolute Gasteiger partial charge is 0.318 e. The third-order valence-corrected chi connectivity index (χ3v) is 22.3. The van der Waals surface area contributed by atoms with Crippen molar-refractivity contribution >= 4 is 60.5 Å². The molecule has 0 unspecified atom stereocenters. The molecule has 0 radical (unpaired) electrons. The third kappa shape index (κ3) is 10.5. The Morgan fingerprint density at radius 3 is 0.804 bits per heavy atom. The van der Waals surface area contributed by atoms with Crippen LogP contribution in [0.4, 0.5) is 0 Å². The van der Waals surface area contributed by atoms with Gasteiger partial charge in [-0.25, -0.2) is 0 Å². The quantitative estimate of drug-likeness (QED) is 0.0846. The molecule has 2 aliphatic rings. The second kappa shape index (κ2) is 24.3. The van der Waals surface area contributed by atoms with Crippen LogP contribution in [0.25, 0.3) is 99.2 Å². The van der Waals surface area contributed by atoms with Crippen molar-refractivity contribution in [3.8, 4) is 90.1 Å². The fraction of sp³-hybridized carbons (Fsp3) is 0.150. The standard InChI is InChI=1S/C80H68N4O6P2/c1-85-67-31-21-53(22-32-67)63-17-13-59-41-45-81(73(59)49-63)91(82-46-42-60-14-18-64(50-74(60)82)54-23-33-68(86-2)34-24-54)89-77-39-29-57-9-5-7-11-71(57)79(77)80-72-12-8-6-10-58(72)30-40-78(80)90-92(83-47-43-61-15-19-65(51-75(61)83)55-25-35-69(87-3)36-26-55)84-48-44-62-16-20-66(52-76(62)84)56-27-37-70(88-4)38-28-56/h13-52H,5-12H2,1-4H3. The number of ether oxygens (including phenoxy) is 4.